The van der Waals surface area contributed by atoms with E-state index in [9.17, 15) is 0 Å². The van der Waals surface area contributed by atoms with E-state index in [-0.39, 0.29) is 50.5 Å². The Morgan fingerprint density at radius 1 is 1.08 bits per heavy atom. The van der Waals surface area contributed by atoms with Gasteiger partial charge in [0.05, 0.1) is 11.7 Å². The fourth-order valence-corrected chi connectivity index (χ4v) is 1.74. The average Bonchev–Trinajstić information content (AvgIpc) is 2.31. The van der Waals surface area contributed by atoms with Crippen LogP contribution >= 0.6 is 0 Å². The predicted octanol–water partition coefficient (Wildman–Crippen LogP) is 1.47. The molecule has 2 saturated heterocycles. The zero-order chi connectivity index (χ0) is 8.98. The minimum atomic E-state index is -0.465. The Morgan fingerprint density at radius 3 is 2.23 bits per heavy atom. The van der Waals surface area contributed by atoms with Crippen molar-refractivity contribution >= 4 is 0 Å². The maximum Gasteiger partial charge on any atom is 3.00 e. The van der Waals surface area contributed by atoms with E-state index in [1.807, 2.05) is 27.7 Å². The smallest absolute Gasteiger partial charge is 0.543 e. The normalized spacial score (nSPS) is 39.7. The molecular weight excluding hydrogens is 245 g/mol. The number of rotatable bonds is 0. The molecule has 4 heteroatoms. The summed E-state index contributed by atoms with van der Waals surface area (Å²) >= 11 is 0. The molecule has 0 aromatic heterocycles. The summed E-state index contributed by atoms with van der Waals surface area (Å²) in [5.41, 5.74) is -0.252. The van der Waals surface area contributed by atoms with Gasteiger partial charge in [0.2, 0.25) is 0 Å². The van der Waals surface area contributed by atoms with E-state index < -0.39 is 5.79 Å². The minimum Gasteiger partial charge on any atom is -0.543 e. The molecule has 3 nitrogen and oxygen atoms in total. The van der Waals surface area contributed by atoms with Gasteiger partial charge in [-0.2, -0.15) is 6.61 Å². The van der Waals surface area contributed by atoms with Crippen LogP contribution in [0.1, 0.15) is 27.7 Å². The monoisotopic (exact) mass is 260 g/mol. The molecule has 0 radical (unpaired) electrons. The number of fused-ring (bicyclic) bond motifs is 1. The van der Waals surface area contributed by atoms with Crippen molar-refractivity contribution in [3.05, 3.63) is 6.61 Å². The Balaban J connectivity index is 0.000000845. The van der Waals surface area contributed by atoms with Crippen LogP contribution in [0.5, 0.6) is 0 Å². The van der Waals surface area contributed by atoms with Crippen molar-refractivity contribution in [2.75, 3.05) is 0 Å². The standard InChI is InChI=1S/C9H15O3.Y/c1-8(2)7-6(5-10-8)11-9(3,4)12-7;/h5-7H,1-4H3;/q-1;+3. The first-order chi connectivity index (χ1) is 5.41. The van der Waals surface area contributed by atoms with Crippen LogP contribution in [-0.4, -0.2) is 23.6 Å². The summed E-state index contributed by atoms with van der Waals surface area (Å²) in [5, 5.41) is 0. The number of hydrogen-bond donors (Lipinski definition) is 0. The molecule has 2 heterocycles. The topological polar surface area (TPSA) is 27.7 Å². The Labute approximate surface area is 104 Å². The van der Waals surface area contributed by atoms with E-state index in [0.717, 1.165) is 0 Å². The van der Waals surface area contributed by atoms with Gasteiger partial charge in [-0.1, -0.05) is 0 Å². The Hall–Kier alpha value is 0.984. The zero-order valence-corrected chi connectivity index (χ0v) is 11.4. The van der Waals surface area contributed by atoms with Crippen LogP contribution in [0, 0.1) is 6.61 Å². The van der Waals surface area contributed by atoms with Gasteiger partial charge in [-0.05, 0) is 33.8 Å². The summed E-state index contributed by atoms with van der Waals surface area (Å²) in [6.45, 7) is 9.61. The molecule has 2 rings (SSSR count). The predicted molar refractivity (Wildman–Crippen MR) is 43.3 cm³/mol. The average molecular weight is 260 g/mol. The SMILES string of the molecule is CC1(C)OC2[CH-]OC(C)(C)C2O1.[Y+3]. The van der Waals surface area contributed by atoms with Crippen LogP contribution in [0.3, 0.4) is 0 Å². The summed E-state index contributed by atoms with van der Waals surface area (Å²) < 4.78 is 16.7. The number of hydrogen-bond acceptors (Lipinski definition) is 3. The molecule has 2 fully saturated rings. The van der Waals surface area contributed by atoms with Gasteiger partial charge in [-0.25, -0.2) is 0 Å². The van der Waals surface area contributed by atoms with Crippen LogP contribution in [-0.2, 0) is 46.9 Å². The van der Waals surface area contributed by atoms with Crippen molar-refractivity contribution in [3.8, 4) is 0 Å². The van der Waals surface area contributed by atoms with Crippen molar-refractivity contribution in [1.29, 1.82) is 0 Å². The fourth-order valence-electron chi connectivity index (χ4n) is 1.74. The van der Waals surface area contributed by atoms with Gasteiger partial charge in [0.1, 0.15) is 0 Å². The van der Waals surface area contributed by atoms with Gasteiger partial charge >= 0.3 is 32.7 Å². The molecule has 0 N–H and O–H groups in total. The molecule has 2 aliphatic heterocycles. The quantitative estimate of drug-likeness (QED) is 0.617. The first-order valence-electron chi connectivity index (χ1n) is 4.27. The summed E-state index contributed by atoms with van der Waals surface area (Å²) in [5.74, 6) is -0.465. The molecule has 2 atom stereocenters. The third kappa shape index (κ3) is 2.15. The Bertz CT molecular complexity index is 203. The molecule has 0 spiro atoms. The van der Waals surface area contributed by atoms with E-state index in [0.29, 0.717) is 0 Å². The van der Waals surface area contributed by atoms with E-state index >= 15 is 0 Å². The van der Waals surface area contributed by atoms with Gasteiger partial charge in [0.15, 0.2) is 5.79 Å². The number of ether oxygens (including phenoxy) is 3. The molecule has 0 aromatic rings. The summed E-state index contributed by atoms with van der Waals surface area (Å²) in [6.07, 6.45) is 0.0301. The molecule has 70 valence electrons. The third-order valence-corrected chi connectivity index (χ3v) is 2.32. The van der Waals surface area contributed by atoms with Gasteiger partial charge in [-0.3, -0.25) is 0 Å². The maximum atomic E-state index is 5.71. The van der Waals surface area contributed by atoms with Gasteiger partial charge < -0.3 is 14.2 Å². The zero-order valence-electron chi connectivity index (χ0n) is 8.53. The summed E-state index contributed by atoms with van der Waals surface area (Å²) in [7, 11) is 0. The first kappa shape index (κ1) is 12.1. The van der Waals surface area contributed by atoms with Crippen LogP contribution in [0.4, 0.5) is 0 Å². The van der Waals surface area contributed by atoms with Crippen molar-refractivity contribution < 1.29 is 46.9 Å². The molecule has 0 aliphatic carbocycles. The second-order valence-corrected chi connectivity index (χ2v) is 4.38. The van der Waals surface area contributed by atoms with Crippen LogP contribution < -0.4 is 0 Å². The van der Waals surface area contributed by atoms with Crippen molar-refractivity contribution in [2.45, 2.75) is 51.3 Å². The van der Waals surface area contributed by atoms with Crippen LogP contribution in [0.2, 0.25) is 0 Å². The molecule has 2 aliphatic rings. The summed E-state index contributed by atoms with van der Waals surface area (Å²) in [4.78, 5) is 0. The summed E-state index contributed by atoms with van der Waals surface area (Å²) in [6, 6.07) is 0. The van der Waals surface area contributed by atoms with E-state index in [2.05, 4.69) is 0 Å². The molecular formula is C9H15O3Y+2. The van der Waals surface area contributed by atoms with Gasteiger partial charge in [0, 0.05) is 0 Å². The van der Waals surface area contributed by atoms with Crippen LogP contribution in [0.25, 0.3) is 0 Å². The molecule has 0 bridgehead atoms. The molecule has 0 aromatic carbocycles. The second-order valence-electron chi connectivity index (χ2n) is 4.38. The Morgan fingerprint density at radius 2 is 1.69 bits per heavy atom. The third-order valence-electron chi connectivity index (χ3n) is 2.32. The second kappa shape index (κ2) is 3.53. The van der Waals surface area contributed by atoms with Gasteiger partial charge in [0.25, 0.3) is 0 Å². The Kier molecular flexibility index (Phi) is 3.27. The van der Waals surface area contributed by atoms with Crippen molar-refractivity contribution in [3.63, 3.8) is 0 Å². The molecule has 0 saturated carbocycles. The fraction of sp³-hybridized carbons (Fsp3) is 0.889. The van der Waals surface area contributed by atoms with Crippen molar-refractivity contribution in [2.24, 2.45) is 0 Å². The molecule has 13 heavy (non-hydrogen) atoms. The molecule has 2 unspecified atom stereocenters. The first-order valence-corrected chi connectivity index (χ1v) is 4.27. The van der Waals surface area contributed by atoms with Gasteiger partial charge in [-0.15, -0.1) is 0 Å². The van der Waals surface area contributed by atoms with Crippen LogP contribution in [0.15, 0.2) is 0 Å². The molecule has 0 amide bonds. The van der Waals surface area contributed by atoms with E-state index in [4.69, 9.17) is 14.2 Å². The van der Waals surface area contributed by atoms with E-state index in [1.165, 1.54) is 0 Å². The van der Waals surface area contributed by atoms with E-state index in [1.54, 1.807) is 6.61 Å². The largest absolute Gasteiger partial charge is 3.00 e. The maximum absolute atomic E-state index is 5.71. The van der Waals surface area contributed by atoms with Crippen molar-refractivity contribution in [1.82, 2.24) is 0 Å². The minimum absolute atomic E-state index is 0.